The molecule has 1 aliphatic heterocycles. The monoisotopic (exact) mass is 1120 g/mol. The number of hydrazone groups is 1. The van der Waals surface area contributed by atoms with Crippen molar-refractivity contribution in [3.05, 3.63) is 127 Å². The van der Waals surface area contributed by atoms with E-state index in [0.717, 1.165) is 47.5 Å². The second kappa shape index (κ2) is 24.2. The average molecular weight is 1120 g/mol. The number of hydrogen-bond acceptors (Lipinski definition) is 22. The molecule has 1 aliphatic rings. The summed E-state index contributed by atoms with van der Waals surface area (Å²) in [6.45, 7) is 1.43. The Balaban J connectivity index is 0.00000289. The number of amides is 1. The molecule has 30 heteroatoms. The van der Waals surface area contributed by atoms with Gasteiger partial charge in [0.1, 0.15) is 30.4 Å². The van der Waals surface area contributed by atoms with Crippen LogP contribution in [0.25, 0.3) is 21.5 Å². The SMILES string of the molecule is CC1=NN(c2ccc(N=Nc3cc([O-])c(N=Nc4c(S(=O)(=O)[O-])cc5cc(Nc6ccccc6)ccc5c4[O-])c4ccc(S(=O)(=O)[O-])cc34)cc2)C(=O)C1N=Nc1ccc(S(=O)(=O)[O-])cc1C(=O)[O-].[Cu+2].[H+].[Na+].[Na+].[Na+]. The maximum Gasteiger partial charge on any atom is 2.00 e. The third kappa shape index (κ3) is 13.5. The Morgan fingerprint density at radius 1 is 0.644 bits per heavy atom. The van der Waals surface area contributed by atoms with Crippen molar-refractivity contribution in [2.45, 2.75) is 27.7 Å². The van der Waals surface area contributed by atoms with Gasteiger partial charge in [0.25, 0.3) is 5.91 Å². The Morgan fingerprint density at radius 2 is 1.26 bits per heavy atom. The van der Waals surface area contributed by atoms with Crippen molar-refractivity contribution < 1.29 is 171 Å². The summed E-state index contributed by atoms with van der Waals surface area (Å²) in [6.07, 6.45) is 0. The summed E-state index contributed by atoms with van der Waals surface area (Å²) in [5.41, 5.74) is -1.39. The quantitative estimate of drug-likeness (QED) is 0.0675. The number of nitrogens with one attached hydrogen (secondary N) is 1. The van der Waals surface area contributed by atoms with Gasteiger partial charge in [-0.25, -0.2) is 25.3 Å². The molecule has 1 heterocycles. The topological polar surface area (TPSA) is 377 Å². The number of hydrogen-bond donors (Lipinski definition) is 1. The zero-order valence-electron chi connectivity index (χ0n) is 38.9. The minimum absolute atomic E-state index is 0. The van der Waals surface area contributed by atoms with E-state index in [9.17, 15) is 63.8 Å². The van der Waals surface area contributed by atoms with Crippen LogP contribution in [0.3, 0.4) is 0 Å². The summed E-state index contributed by atoms with van der Waals surface area (Å²) in [7, 11) is -15.5. The smallest absolute Gasteiger partial charge is 0.871 e. The van der Waals surface area contributed by atoms with Crippen LogP contribution in [-0.4, -0.2) is 62.5 Å². The molecule has 7 aromatic carbocycles. The van der Waals surface area contributed by atoms with Gasteiger partial charge in [0.2, 0.25) is 0 Å². The molecule has 0 saturated heterocycles. The molecule has 0 spiro atoms. The molecule has 1 atom stereocenters. The van der Waals surface area contributed by atoms with Gasteiger partial charge in [0.05, 0.1) is 60.5 Å². The van der Waals surface area contributed by atoms with Crippen LogP contribution in [-0.2, 0) is 52.2 Å². The summed E-state index contributed by atoms with van der Waals surface area (Å²) in [5.74, 6) is -4.55. The van der Waals surface area contributed by atoms with E-state index in [0.29, 0.717) is 17.4 Å². The molecule has 0 bridgehead atoms. The first-order valence-electron chi connectivity index (χ1n) is 19.4. The van der Waals surface area contributed by atoms with Gasteiger partial charge in [0, 0.05) is 27.7 Å². The number of carbonyl (C=O) groups is 2. The zero-order chi connectivity index (χ0) is 49.6. The van der Waals surface area contributed by atoms with Gasteiger partial charge >= 0.3 is 107 Å². The van der Waals surface area contributed by atoms with Crippen molar-refractivity contribution in [1.82, 2.24) is 0 Å². The molecule has 23 nitrogen and oxygen atoms in total. The Hall–Kier alpha value is -4.88. The summed E-state index contributed by atoms with van der Waals surface area (Å²) < 4.78 is 108. The van der Waals surface area contributed by atoms with Crippen molar-refractivity contribution in [2.75, 3.05) is 10.3 Å². The minimum atomic E-state index is -5.38. The predicted molar refractivity (Wildman–Crippen MR) is 236 cm³/mol. The number of aromatic carboxylic acids is 1. The van der Waals surface area contributed by atoms with Crippen LogP contribution in [0.4, 0.5) is 45.5 Å². The van der Waals surface area contributed by atoms with E-state index in [1.54, 1.807) is 30.3 Å². The van der Waals surface area contributed by atoms with Gasteiger partial charge in [-0.15, -0.1) is 10.2 Å². The molecule has 1 radical (unpaired) electrons. The second-order valence-corrected chi connectivity index (χ2v) is 18.8. The molecule has 8 rings (SSSR count). The number of para-hydroxylation sites is 1. The van der Waals surface area contributed by atoms with E-state index in [1.807, 2.05) is 0 Å². The van der Waals surface area contributed by atoms with Gasteiger partial charge in [-0.1, -0.05) is 41.8 Å². The Bertz CT molecular complexity index is 3810. The fraction of sp³-hybridized carbons (Fsp3) is 0.0465. The van der Waals surface area contributed by atoms with Crippen LogP contribution in [0.5, 0.6) is 11.5 Å². The molecule has 0 saturated carbocycles. The van der Waals surface area contributed by atoms with Gasteiger partial charge in [0.15, 0.2) is 6.04 Å². The average Bonchev–Trinajstić information content (AvgIpc) is 3.58. The second-order valence-electron chi connectivity index (χ2n) is 14.7. The molecule has 1 unspecified atom stereocenters. The number of azo groups is 3. The van der Waals surface area contributed by atoms with E-state index < -0.39 is 97.1 Å². The Labute approximate surface area is 492 Å². The standard InChI is InChI=1S/C43H31N9O14S3.Cu.3Na/c1-22-38(48-46-34-16-13-29(68(61,62)63)20-33(34)43(56)57)42(55)52(51-22)27-10-7-25(8-11-27)45-47-35-21-36(53)39(31-15-12-28(19-32(31)35)67(58,59)60)49-50-40-37(69(64,65)66)18-23-17-26(9-14-30(23)41(40)54)44-24-5-3-2-4-6-24;;;;/h2-21,38,44,53-54H,1H3,(H,56,57)(H,58,59,60)(H,61,62,63)(H,64,65,66);;;;/q;+2;3*+1/p-5. The van der Waals surface area contributed by atoms with Crippen LogP contribution in [0.1, 0.15) is 18.7 Å². The number of anilines is 3. The van der Waals surface area contributed by atoms with Crippen LogP contribution < -0.4 is 114 Å². The molecule has 0 aliphatic carbocycles. The molecule has 73 heavy (non-hydrogen) atoms. The number of fused-ring (bicyclic) bond motifs is 2. The Morgan fingerprint density at radius 3 is 1.89 bits per heavy atom. The maximum atomic E-state index is 13.7. The first-order valence-corrected chi connectivity index (χ1v) is 23.6. The van der Waals surface area contributed by atoms with Crippen LogP contribution in [0.2, 0.25) is 0 Å². The number of benzene rings is 7. The van der Waals surface area contributed by atoms with Crippen LogP contribution in [0.15, 0.2) is 172 Å². The molecule has 1 amide bonds. The molecule has 1 N–H and O–H groups in total. The zero-order valence-corrected chi connectivity index (χ0v) is 47.3. The molecule has 0 aromatic heterocycles. The van der Waals surface area contributed by atoms with Crippen molar-refractivity contribution in [2.24, 2.45) is 35.8 Å². The number of rotatable bonds is 13. The van der Waals surface area contributed by atoms with E-state index in [-0.39, 0.29) is 151 Å². The third-order valence-corrected chi connectivity index (χ3v) is 12.7. The van der Waals surface area contributed by atoms with Gasteiger partial charge < -0.3 is 39.1 Å². The number of carboxylic acids is 1. The Kier molecular flexibility index (Phi) is 20.1. The summed E-state index contributed by atoms with van der Waals surface area (Å²) >= 11 is 0. The minimum Gasteiger partial charge on any atom is -0.871 e. The molecule has 0 fully saturated rings. The van der Waals surface area contributed by atoms with Gasteiger partial charge in [-0.2, -0.15) is 30.6 Å². The maximum absolute atomic E-state index is 13.7. The number of carboxylic acid groups (broad SMARTS) is 1. The third-order valence-electron chi connectivity index (χ3n) is 10.1. The number of nitrogens with zero attached hydrogens (tertiary/aromatic N) is 8. The molecular weight excluding hydrogens is 1100 g/mol. The first kappa shape index (κ1) is 60.7. The van der Waals surface area contributed by atoms with Gasteiger partial charge in [-0.3, -0.25) is 4.79 Å². The molecule has 7 aromatic rings. The van der Waals surface area contributed by atoms with E-state index in [4.69, 9.17) is 0 Å². The van der Waals surface area contributed by atoms with Crippen molar-refractivity contribution in [1.29, 1.82) is 0 Å². The predicted octanol–water partition coefficient (Wildman–Crippen LogP) is -3.21. The van der Waals surface area contributed by atoms with Gasteiger partial charge in [-0.05, 0) is 109 Å². The largest absolute Gasteiger partial charge is 2.00 e. The van der Waals surface area contributed by atoms with Crippen LogP contribution >= 0.6 is 0 Å². The molecular formula is C43H26CuN9Na3O14S3. The normalized spacial score (nSPS) is 13.9. The van der Waals surface area contributed by atoms with E-state index in [1.165, 1.54) is 49.4 Å². The van der Waals surface area contributed by atoms with E-state index >= 15 is 0 Å². The fourth-order valence-electron chi connectivity index (χ4n) is 6.86. The van der Waals surface area contributed by atoms with E-state index in [2.05, 4.69) is 41.1 Å². The van der Waals surface area contributed by atoms with Crippen molar-refractivity contribution in [3.8, 4) is 11.5 Å². The first-order chi connectivity index (χ1) is 32.6. The summed E-state index contributed by atoms with van der Waals surface area (Å²) in [5, 5.41) is 70.3. The number of carbonyl (C=O) groups excluding carboxylic acids is 2. The summed E-state index contributed by atoms with van der Waals surface area (Å²) in [4.78, 5) is 22.3. The summed E-state index contributed by atoms with van der Waals surface area (Å²) in [6, 6.07) is 24.3. The van der Waals surface area contributed by atoms with Crippen molar-refractivity contribution in [3.63, 3.8) is 0 Å². The van der Waals surface area contributed by atoms with Crippen LogP contribution in [0, 0.1) is 0 Å². The van der Waals surface area contributed by atoms with Crippen molar-refractivity contribution >= 4 is 115 Å². The molecule has 359 valence electrons. The fourth-order valence-corrected chi connectivity index (χ4v) is 8.50.